The van der Waals surface area contributed by atoms with E-state index < -0.39 is 0 Å². The SMILES string of the molecule is COC(=O)CC[C@@H]1CC(=O)[C@@]2(C)CC[C@@H]3c4ccc(C)cc4CC[C@H]3[C@H]12.COC(=O)CC[C@@H]1CC(=O)[C@@]2(C)CC[C@@H]3c4ccc(C)cc4CC[C@H]3[C@H]12. The van der Waals surface area contributed by atoms with Crippen LogP contribution in [-0.2, 0) is 41.5 Å². The molecule has 0 bridgehead atoms. The van der Waals surface area contributed by atoms with Crippen LogP contribution in [0.3, 0.4) is 0 Å². The van der Waals surface area contributed by atoms with Gasteiger partial charge in [0.05, 0.1) is 14.2 Å². The first-order valence-corrected chi connectivity index (χ1v) is 20.3. The van der Waals surface area contributed by atoms with Crippen molar-refractivity contribution in [2.45, 2.75) is 129 Å². The maximum atomic E-state index is 12.9. The lowest BCUT2D eigenvalue weighted by molar-refractivity contribution is -0.142. The molecule has 2 aromatic carbocycles. The van der Waals surface area contributed by atoms with Gasteiger partial charge in [-0.2, -0.15) is 0 Å². The fourth-order valence-corrected chi connectivity index (χ4v) is 12.9. The van der Waals surface area contributed by atoms with Crippen LogP contribution < -0.4 is 0 Å². The Kier molecular flexibility index (Phi) is 10.3. The van der Waals surface area contributed by atoms with Crippen LogP contribution >= 0.6 is 0 Å². The van der Waals surface area contributed by atoms with Crippen LogP contribution in [0.15, 0.2) is 36.4 Å². The Balaban J connectivity index is 0.000000162. The molecule has 2 aromatic rings. The zero-order valence-electron chi connectivity index (χ0n) is 32.4. The summed E-state index contributed by atoms with van der Waals surface area (Å²) in [5.74, 6) is 4.43. The fourth-order valence-electron chi connectivity index (χ4n) is 12.9. The Labute approximate surface area is 311 Å². The van der Waals surface area contributed by atoms with Gasteiger partial charge in [0.15, 0.2) is 0 Å². The molecular formula is C46H60O6. The molecule has 280 valence electrons. The molecular weight excluding hydrogens is 648 g/mol. The highest BCUT2D eigenvalue weighted by atomic mass is 16.5. The molecule has 6 aliphatic rings. The Morgan fingerprint density at radius 2 is 1.06 bits per heavy atom. The van der Waals surface area contributed by atoms with Crippen molar-refractivity contribution >= 4 is 23.5 Å². The number of hydrogen-bond acceptors (Lipinski definition) is 6. The number of methoxy groups -OCH3 is 2. The molecule has 4 saturated carbocycles. The number of fused-ring (bicyclic) bond motifs is 10. The average Bonchev–Trinajstić information content (AvgIpc) is 3.56. The van der Waals surface area contributed by atoms with E-state index in [1.54, 1.807) is 0 Å². The number of rotatable bonds is 6. The van der Waals surface area contributed by atoms with E-state index in [0.717, 1.165) is 51.4 Å². The van der Waals surface area contributed by atoms with E-state index in [-0.39, 0.29) is 22.8 Å². The summed E-state index contributed by atoms with van der Waals surface area (Å²) in [5.41, 5.74) is 8.43. The summed E-state index contributed by atoms with van der Waals surface area (Å²) in [7, 11) is 2.89. The molecule has 8 rings (SSSR count). The van der Waals surface area contributed by atoms with E-state index in [1.807, 2.05) is 0 Å². The van der Waals surface area contributed by atoms with Gasteiger partial charge in [-0.25, -0.2) is 0 Å². The van der Waals surface area contributed by atoms with Crippen molar-refractivity contribution in [1.82, 2.24) is 0 Å². The summed E-state index contributed by atoms with van der Waals surface area (Å²) in [6, 6.07) is 13.9. The number of carbonyl (C=O) groups excluding carboxylic acids is 4. The van der Waals surface area contributed by atoms with Crippen LogP contribution in [0.2, 0.25) is 0 Å². The average molecular weight is 709 g/mol. The van der Waals surface area contributed by atoms with E-state index >= 15 is 0 Å². The normalized spacial score (nSPS) is 35.4. The first-order valence-electron chi connectivity index (χ1n) is 20.3. The zero-order chi connectivity index (χ0) is 36.9. The summed E-state index contributed by atoms with van der Waals surface area (Å²) in [6.45, 7) is 8.75. The molecule has 0 aliphatic heterocycles. The number of esters is 2. The van der Waals surface area contributed by atoms with E-state index in [4.69, 9.17) is 9.47 Å². The van der Waals surface area contributed by atoms with Crippen LogP contribution in [0.1, 0.15) is 136 Å². The number of benzene rings is 2. The van der Waals surface area contributed by atoms with Gasteiger partial charge in [0.1, 0.15) is 11.6 Å². The van der Waals surface area contributed by atoms with Gasteiger partial charge >= 0.3 is 11.9 Å². The van der Waals surface area contributed by atoms with Gasteiger partial charge in [0.2, 0.25) is 0 Å². The minimum atomic E-state index is -0.176. The second kappa shape index (κ2) is 14.5. The predicted molar refractivity (Wildman–Crippen MR) is 202 cm³/mol. The van der Waals surface area contributed by atoms with E-state index in [1.165, 1.54) is 60.4 Å². The Morgan fingerprint density at radius 1 is 0.654 bits per heavy atom. The van der Waals surface area contributed by atoms with Crippen LogP contribution in [0, 0.1) is 60.2 Å². The number of carbonyl (C=O) groups is 4. The molecule has 6 nitrogen and oxygen atoms in total. The molecule has 52 heavy (non-hydrogen) atoms. The fraction of sp³-hybridized carbons (Fsp3) is 0.652. The van der Waals surface area contributed by atoms with Crippen LogP contribution in [0.4, 0.5) is 0 Å². The van der Waals surface area contributed by atoms with Crippen molar-refractivity contribution in [2.24, 2.45) is 46.3 Å². The largest absolute Gasteiger partial charge is 0.469 e. The van der Waals surface area contributed by atoms with Gasteiger partial charge in [-0.05, 0) is 148 Å². The first-order chi connectivity index (χ1) is 24.9. The van der Waals surface area contributed by atoms with Gasteiger partial charge in [0.25, 0.3) is 0 Å². The van der Waals surface area contributed by atoms with E-state index in [2.05, 4.69) is 64.1 Å². The maximum absolute atomic E-state index is 12.9. The third kappa shape index (κ3) is 6.48. The number of ketones is 2. The second-order valence-corrected chi connectivity index (χ2v) is 18.0. The van der Waals surface area contributed by atoms with E-state index in [0.29, 0.717) is 84.6 Å². The molecule has 4 fully saturated rings. The Bertz CT molecular complexity index is 1600. The highest BCUT2D eigenvalue weighted by Crippen LogP contribution is 2.63. The summed E-state index contributed by atoms with van der Waals surface area (Å²) in [5, 5.41) is 0. The Morgan fingerprint density at radius 3 is 1.44 bits per heavy atom. The van der Waals surface area contributed by atoms with Crippen LogP contribution in [-0.4, -0.2) is 37.7 Å². The van der Waals surface area contributed by atoms with Crippen LogP contribution in [0.5, 0.6) is 0 Å². The van der Waals surface area contributed by atoms with Crippen molar-refractivity contribution < 1.29 is 28.7 Å². The lowest BCUT2D eigenvalue weighted by Gasteiger charge is -2.50. The van der Waals surface area contributed by atoms with Crippen molar-refractivity contribution in [1.29, 1.82) is 0 Å². The lowest BCUT2D eigenvalue weighted by atomic mass is 9.54. The number of aryl methyl sites for hydroxylation is 4. The second-order valence-electron chi connectivity index (χ2n) is 18.0. The third-order valence-electron chi connectivity index (χ3n) is 15.3. The third-order valence-corrected chi connectivity index (χ3v) is 15.3. The highest BCUT2D eigenvalue weighted by Gasteiger charge is 2.59. The van der Waals surface area contributed by atoms with Crippen molar-refractivity contribution in [2.75, 3.05) is 14.2 Å². The predicted octanol–water partition coefficient (Wildman–Crippen LogP) is 9.20. The quantitative estimate of drug-likeness (QED) is 0.278. The van der Waals surface area contributed by atoms with Crippen molar-refractivity contribution in [3.63, 3.8) is 0 Å². The van der Waals surface area contributed by atoms with Gasteiger partial charge in [-0.1, -0.05) is 61.4 Å². The topological polar surface area (TPSA) is 86.7 Å². The van der Waals surface area contributed by atoms with Crippen molar-refractivity contribution in [3.05, 3.63) is 69.8 Å². The number of hydrogen-bond donors (Lipinski definition) is 0. The monoisotopic (exact) mass is 708 g/mol. The molecule has 0 unspecified atom stereocenters. The molecule has 0 heterocycles. The minimum Gasteiger partial charge on any atom is -0.469 e. The van der Waals surface area contributed by atoms with Gasteiger partial charge in [-0.3, -0.25) is 19.2 Å². The molecule has 0 amide bonds. The summed E-state index contributed by atoms with van der Waals surface area (Å²) >= 11 is 0. The highest BCUT2D eigenvalue weighted by molar-refractivity contribution is 5.88. The number of ether oxygens (including phenoxy) is 2. The zero-order valence-corrected chi connectivity index (χ0v) is 32.4. The standard InChI is InChI=1S/2C23H30O3/c2*1-14-4-7-17-15(12-14)5-8-19-18(17)10-11-23(2)20(24)13-16(22(19)23)6-9-21(25)26-3/h2*4,7,12,16,18-19,22H,5-6,8-11,13H2,1-3H3/t2*16-,18-,19-,22+,23-/m11/s1. The molecule has 0 saturated heterocycles. The molecule has 0 radical (unpaired) electrons. The van der Waals surface area contributed by atoms with Gasteiger partial charge in [-0.15, -0.1) is 0 Å². The van der Waals surface area contributed by atoms with E-state index in [9.17, 15) is 19.2 Å². The van der Waals surface area contributed by atoms with Crippen molar-refractivity contribution in [3.8, 4) is 0 Å². The molecule has 10 atom stereocenters. The smallest absolute Gasteiger partial charge is 0.305 e. The van der Waals surface area contributed by atoms with Gasteiger partial charge < -0.3 is 9.47 Å². The molecule has 0 N–H and O–H groups in total. The summed E-state index contributed by atoms with van der Waals surface area (Å²) in [6.07, 6.45) is 12.7. The summed E-state index contributed by atoms with van der Waals surface area (Å²) in [4.78, 5) is 49.1. The first kappa shape index (κ1) is 37.1. The molecule has 0 spiro atoms. The van der Waals surface area contributed by atoms with Gasteiger partial charge in [0, 0.05) is 36.5 Å². The maximum Gasteiger partial charge on any atom is 0.305 e. The Hall–Kier alpha value is -3.28. The molecule has 6 heteroatoms. The summed E-state index contributed by atoms with van der Waals surface area (Å²) < 4.78 is 9.68. The van der Waals surface area contributed by atoms with Crippen LogP contribution in [0.25, 0.3) is 0 Å². The molecule has 0 aromatic heterocycles. The number of Topliss-reactive ketones (excluding diaryl/α,β-unsaturated/α-hetero) is 2. The molecule has 6 aliphatic carbocycles. The lowest BCUT2D eigenvalue weighted by Crippen LogP contribution is -2.44. The minimum absolute atomic E-state index is 0.150.